The summed E-state index contributed by atoms with van der Waals surface area (Å²) in [5.74, 6) is -0.274. The maximum atomic E-state index is 11.5. The Bertz CT molecular complexity index is 266. The maximum absolute atomic E-state index is 11.5. The predicted molar refractivity (Wildman–Crippen MR) is 63.8 cm³/mol. The van der Waals surface area contributed by atoms with Crippen LogP contribution < -0.4 is 5.32 Å². The van der Waals surface area contributed by atoms with Gasteiger partial charge in [-0.2, -0.15) is 0 Å². The Morgan fingerprint density at radius 2 is 2.13 bits per heavy atom. The van der Waals surface area contributed by atoms with Gasteiger partial charge in [0, 0.05) is 6.54 Å². The Morgan fingerprint density at radius 1 is 1.47 bits per heavy atom. The second-order valence-electron chi connectivity index (χ2n) is 3.58. The fraction of sp³-hybridized carbons (Fsp3) is 0.636. The van der Waals surface area contributed by atoms with Gasteiger partial charge in [-0.25, -0.2) is 4.79 Å². The molecule has 1 saturated carbocycles. The molecule has 0 saturated heterocycles. The number of carbonyl (C=O) groups excluding carboxylic acids is 1. The summed E-state index contributed by atoms with van der Waals surface area (Å²) in [5, 5.41) is 4.61. The summed E-state index contributed by atoms with van der Waals surface area (Å²) in [6.45, 7) is 0.531. The smallest absolute Gasteiger partial charge is 0.354 e. The largest absolute Gasteiger partial charge is 0.464 e. The number of rotatable bonds is 4. The third kappa shape index (κ3) is 3.63. The molecule has 0 spiro atoms. The van der Waals surface area contributed by atoms with E-state index < -0.39 is 0 Å². The van der Waals surface area contributed by atoms with Gasteiger partial charge in [-0.1, -0.05) is 18.6 Å². The average Bonchev–Trinajstić information content (AvgIpc) is 2.30. The SMILES string of the molecule is COC(=O)C(NCC=S)=C1CCCCC1. The molecule has 1 aliphatic rings. The lowest BCUT2D eigenvalue weighted by Crippen LogP contribution is -2.25. The predicted octanol–water partition coefficient (Wildman–Crippen LogP) is 1.97. The van der Waals surface area contributed by atoms with E-state index in [4.69, 9.17) is 17.0 Å². The lowest BCUT2D eigenvalue weighted by molar-refractivity contribution is -0.136. The van der Waals surface area contributed by atoms with Crippen molar-refractivity contribution >= 4 is 23.6 Å². The molecule has 15 heavy (non-hydrogen) atoms. The number of allylic oxidation sites excluding steroid dienone is 1. The maximum Gasteiger partial charge on any atom is 0.354 e. The number of thiocarbonyl (C=S) groups is 1. The molecule has 0 radical (unpaired) electrons. The van der Waals surface area contributed by atoms with Gasteiger partial charge >= 0.3 is 5.97 Å². The zero-order valence-corrected chi connectivity index (χ0v) is 9.86. The van der Waals surface area contributed by atoms with E-state index in [9.17, 15) is 4.79 Å². The summed E-state index contributed by atoms with van der Waals surface area (Å²) in [7, 11) is 1.41. The highest BCUT2D eigenvalue weighted by molar-refractivity contribution is 7.79. The highest BCUT2D eigenvalue weighted by Gasteiger charge is 2.17. The van der Waals surface area contributed by atoms with Crippen molar-refractivity contribution in [3.05, 3.63) is 11.3 Å². The molecule has 0 aromatic rings. The van der Waals surface area contributed by atoms with Crippen LogP contribution in [0.25, 0.3) is 0 Å². The van der Waals surface area contributed by atoms with Crippen LogP contribution in [0.5, 0.6) is 0 Å². The Morgan fingerprint density at radius 3 is 2.67 bits per heavy atom. The molecule has 1 rings (SSSR count). The minimum Gasteiger partial charge on any atom is -0.464 e. The number of methoxy groups -OCH3 is 1. The van der Waals surface area contributed by atoms with Gasteiger partial charge in [0.1, 0.15) is 5.70 Å². The molecule has 1 fully saturated rings. The van der Waals surface area contributed by atoms with Crippen LogP contribution in [0.15, 0.2) is 11.3 Å². The first-order chi connectivity index (χ1) is 7.29. The molecule has 0 atom stereocenters. The van der Waals surface area contributed by atoms with Crippen LogP contribution in [0, 0.1) is 0 Å². The highest BCUT2D eigenvalue weighted by Crippen LogP contribution is 2.25. The van der Waals surface area contributed by atoms with Gasteiger partial charge < -0.3 is 10.1 Å². The van der Waals surface area contributed by atoms with Gasteiger partial charge in [-0.3, -0.25) is 0 Å². The van der Waals surface area contributed by atoms with Gasteiger partial charge in [0.2, 0.25) is 0 Å². The fourth-order valence-electron chi connectivity index (χ4n) is 1.82. The van der Waals surface area contributed by atoms with Crippen LogP contribution in [-0.4, -0.2) is 25.0 Å². The molecule has 0 aliphatic heterocycles. The second kappa shape index (κ2) is 6.56. The molecule has 3 nitrogen and oxygen atoms in total. The van der Waals surface area contributed by atoms with Crippen molar-refractivity contribution in [2.75, 3.05) is 13.7 Å². The van der Waals surface area contributed by atoms with E-state index in [1.165, 1.54) is 19.1 Å². The van der Waals surface area contributed by atoms with Gasteiger partial charge in [-0.15, -0.1) is 0 Å². The number of esters is 1. The molecule has 4 heteroatoms. The topological polar surface area (TPSA) is 38.3 Å². The molecular weight excluding hydrogens is 210 g/mol. The Labute approximate surface area is 95.9 Å². The van der Waals surface area contributed by atoms with E-state index in [1.54, 1.807) is 5.37 Å². The van der Waals surface area contributed by atoms with Gasteiger partial charge in [-0.05, 0) is 36.6 Å². The van der Waals surface area contributed by atoms with E-state index in [0.29, 0.717) is 12.2 Å². The monoisotopic (exact) mass is 227 g/mol. The normalized spacial score (nSPS) is 15.7. The first-order valence-electron chi connectivity index (χ1n) is 5.27. The van der Waals surface area contributed by atoms with Crippen LogP contribution in [0.1, 0.15) is 32.1 Å². The third-order valence-electron chi connectivity index (χ3n) is 2.56. The van der Waals surface area contributed by atoms with Crippen molar-refractivity contribution in [1.29, 1.82) is 0 Å². The quantitative estimate of drug-likeness (QED) is 0.453. The zero-order chi connectivity index (χ0) is 11.1. The van der Waals surface area contributed by atoms with E-state index in [0.717, 1.165) is 25.7 Å². The van der Waals surface area contributed by atoms with Crippen molar-refractivity contribution in [3.63, 3.8) is 0 Å². The Hall–Kier alpha value is -0.900. The van der Waals surface area contributed by atoms with Crippen LogP contribution in [0.2, 0.25) is 0 Å². The summed E-state index contributed by atoms with van der Waals surface area (Å²) < 4.78 is 4.76. The van der Waals surface area contributed by atoms with Crippen molar-refractivity contribution in [2.24, 2.45) is 0 Å². The highest BCUT2D eigenvalue weighted by atomic mass is 32.1. The van der Waals surface area contributed by atoms with E-state index in [1.807, 2.05) is 0 Å². The lowest BCUT2D eigenvalue weighted by atomic mass is 9.93. The number of ether oxygens (including phenoxy) is 1. The summed E-state index contributed by atoms with van der Waals surface area (Å²) in [6, 6.07) is 0. The van der Waals surface area contributed by atoms with Crippen LogP contribution >= 0.6 is 12.2 Å². The van der Waals surface area contributed by atoms with Crippen LogP contribution in [0.4, 0.5) is 0 Å². The summed E-state index contributed by atoms with van der Waals surface area (Å²) >= 11 is 4.73. The van der Waals surface area contributed by atoms with Crippen molar-refractivity contribution in [1.82, 2.24) is 5.32 Å². The van der Waals surface area contributed by atoms with E-state index >= 15 is 0 Å². The van der Waals surface area contributed by atoms with Crippen LogP contribution in [-0.2, 0) is 9.53 Å². The number of carbonyl (C=O) groups is 1. The molecule has 0 aromatic heterocycles. The molecule has 0 heterocycles. The Kier molecular flexibility index (Phi) is 5.32. The molecule has 0 unspecified atom stereocenters. The zero-order valence-electron chi connectivity index (χ0n) is 9.04. The number of hydrogen-bond donors (Lipinski definition) is 1. The fourth-order valence-corrected chi connectivity index (χ4v) is 1.90. The second-order valence-corrected chi connectivity index (χ2v) is 3.91. The first-order valence-corrected chi connectivity index (χ1v) is 5.74. The van der Waals surface area contributed by atoms with E-state index in [2.05, 4.69) is 5.32 Å². The number of nitrogens with one attached hydrogen (secondary N) is 1. The molecule has 0 aromatic carbocycles. The minimum atomic E-state index is -0.274. The van der Waals surface area contributed by atoms with Gasteiger partial charge in [0.15, 0.2) is 0 Å². The van der Waals surface area contributed by atoms with Crippen molar-refractivity contribution in [2.45, 2.75) is 32.1 Å². The van der Waals surface area contributed by atoms with Gasteiger partial charge in [0.05, 0.1) is 7.11 Å². The molecule has 1 aliphatic carbocycles. The van der Waals surface area contributed by atoms with Gasteiger partial charge in [0.25, 0.3) is 0 Å². The molecule has 0 bridgehead atoms. The lowest BCUT2D eigenvalue weighted by Gasteiger charge is -2.18. The molecule has 0 amide bonds. The van der Waals surface area contributed by atoms with Crippen molar-refractivity contribution in [3.8, 4) is 0 Å². The van der Waals surface area contributed by atoms with Crippen LogP contribution in [0.3, 0.4) is 0 Å². The third-order valence-corrected chi connectivity index (χ3v) is 2.73. The summed E-state index contributed by atoms with van der Waals surface area (Å²) in [6.07, 6.45) is 5.57. The van der Waals surface area contributed by atoms with E-state index in [-0.39, 0.29) is 5.97 Å². The van der Waals surface area contributed by atoms with Crippen molar-refractivity contribution < 1.29 is 9.53 Å². The number of hydrogen-bond acceptors (Lipinski definition) is 4. The minimum absolute atomic E-state index is 0.274. The molecular formula is C11H17NO2S. The molecule has 84 valence electrons. The molecule has 1 N–H and O–H groups in total. The summed E-state index contributed by atoms with van der Waals surface area (Å²) in [5.41, 5.74) is 1.81. The average molecular weight is 227 g/mol. The first kappa shape index (κ1) is 12.2. The standard InChI is InChI=1S/C11H17NO2S/c1-14-11(13)10(12-7-8-15)9-5-3-2-4-6-9/h8,12H,2-7H2,1H3. The summed E-state index contributed by atoms with van der Waals surface area (Å²) in [4.78, 5) is 11.5. The Balaban J connectivity index is 2.75.